The normalized spacial score (nSPS) is 11.5. The third kappa shape index (κ3) is 6.27. The number of hydrogen-bond donors (Lipinski definition) is 0. The summed E-state index contributed by atoms with van der Waals surface area (Å²) in [5.41, 5.74) is 4.00. The molecule has 0 aliphatic rings. The van der Waals surface area contributed by atoms with Crippen LogP contribution in [0.4, 0.5) is 4.53 Å². The second kappa shape index (κ2) is 11.4. The van der Waals surface area contributed by atoms with Crippen molar-refractivity contribution in [2.45, 2.75) is 39.2 Å². The molecule has 0 aliphatic carbocycles. The molecule has 0 atom stereocenters. The van der Waals surface area contributed by atoms with Gasteiger partial charge in [-0.2, -0.15) is 0 Å². The number of ether oxygens (including phenoxy) is 3. The summed E-state index contributed by atoms with van der Waals surface area (Å²) in [5.74, 6) is 1.28. The highest BCUT2D eigenvalue weighted by atomic mass is 19.3. The molecule has 0 amide bonds. The number of halogens is 1. The molecule has 1 aromatic heterocycles. The van der Waals surface area contributed by atoms with Crippen molar-refractivity contribution >= 4 is 17.1 Å². The molecule has 37 heavy (non-hydrogen) atoms. The van der Waals surface area contributed by atoms with Gasteiger partial charge in [0.25, 0.3) is 0 Å². The molecule has 0 spiro atoms. The van der Waals surface area contributed by atoms with E-state index in [-0.39, 0.29) is 5.75 Å². The van der Waals surface area contributed by atoms with E-state index in [1.807, 2.05) is 51.1 Å². The summed E-state index contributed by atoms with van der Waals surface area (Å²) in [6, 6.07) is 16.9. The first-order chi connectivity index (χ1) is 17.8. The van der Waals surface area contributed by atoms with E-state index in [4.69, 9.17) is 14.2 Å². The van der Waals surface area contributed by atoms with Gasteiger partial charge in [-0.15, -0.1) is 15.0 Å². The van der Waals surface area contributed by atoms with Crippen LogP contribution in [0.2, 0.25) is 0 Å². The van der Waals surface area contributed by atoms with E-state index >= 15 is 0 Å². The van der Waals surface area contributed by atoms with Crippen molar-refractivity contribution in [2.24, 2.45) is 0 Å². The van der Waals surface area contributed by atoms with Gasteiger partial charge in [-0.3, -0.25) is 4.94 Å². The summed E-state index contributed by atoms with van der Waals surface area (Å²) >= 11 is 0. The molecule has 4 rings (SSSR count). The minimum atomic E-state index is -0.421. The van der Waals surface area contributed by atoms with Crippen LogP contribution in [-0.4, -0.2) is 35.3 Å². The number of aromatic nitrogens is 3. The molecule has 3 aromatic carbocycles. The summed E-state index contributed by atoms with van der Waals surface area (Å²) in [5, 5.41) is 9.04. The molecule has 0 unspecified atom stereocenters. The molecule has 194 valence electrons. The molecule has 0 saturated heterocycles. The maximum atomic E-state index is 13.9. The Morgan fingerprint density at radius 3 is 2.38 bits per heavy atom. The Morgan fingerprint density at radius 1 is 0.946 bits per heavy atom. The molecule has 0 fully saturated rings. The van der Waals surface area contributed by atoms with E-state index in [1.165, 1.54) is 4.80 Å². The number of fused-ring (bicyclic) bond motifs is 1. The second-order valence-corrected chi connectivity index (χ2v) is 9.69. The smallest absolute Gasteiger partial charge is 0.203 e. The SMILES string of the molecule is C=Cc1ccc(COCCCOc2cc(-n3nc4ccc(OC)cc4n3)c(OF)c(C(C)(C)C)c2)cc1. The summed E-state index contributed by atoms with van der Waals surface area (Å²) in [4.78, 5) is 5.72. The highest BCUT2D eigenvalue weighted by molar-refractivity contribution is 5.76. The monoisotopic (exact) mass is 505 g/mol. The van der Waals surface area contributed by atoms with Gasteiger partial charge in [-0.1, -0.05) is 57.7 Å². The van der Waals surface area contributed by atoms with Gasteiger partial charge in [0, 0.05) is 28.6 Å². The van der Waals surface area contributed by atoms with Gasteiger partial charge in [0.2, 0.25) is 5.75 Å². The number of methoxy groups -OCH3 is 1. The zero-order valence-corrected chi connectivity index (χ0v) is 21.7. The fourth-order valence-electron chi connectivity index (χ4n) is 3.88. The first-order valence-corrected chi connectivity index (χ1v) is 12.1. The Morgan fingerprint density at radius 2 is 1.70 bits per heavy atom. The zero-order valence-electron chi connectivity index (χ0n) is 21.7. The molecule has 0 N–H and O–H groups in total. The summed E-state index contributed by atoms with van der Waals surface area (Å²) in [6.45, 7) is 11.2. The maximum absolute atomic E-state index is 13.9. The van der Waals surface area contributed by atoms with Gasteiger partial charge in [-0.05, 0) is 34.7 Å². The lowest BCUT2D eigenvalue weighted by Gasteiger charge is -2.23. The lowest BCUT2D eigenvalue weighted by atomic mass is 9.86. The topological polar surface area (TPSA) is 67.6 Å². The lowest BCUT2D eigenvalue weighted by Crippen LogP contribution is -2.15. The van der Waals surface area contributed by atoms with E-state index in [0.717, 1.165) is 11.1 Å². The first kappa shape index (κ1) is 26.2. The van der Waals surface area contributed by atoms with Crippen LogP contribution >= 0.6 is 0 Å². The molecular weight excluding hydrogens is 473 g/mol. The third-order valence-corrected chi connectivity index (χ3v) is 5.92. The molecule has 1 heterocycles. The standard InChI is InChI=1S/C29H32FN3O4/c1-6-20-8-10-21(11-9-20)19-35-14-7-15-36-23-16-24(29(2,3)4)28(37-30)27(18-23)33-31-25-13-12-22(34-5)17-26(25)32-33/h6,8-13,16-18H,1,7,14-15,19H2,2-5H3. The van der Waals surface area contributed by atoms with Crippen LogP contribution in [-0.2, 0) is 16.8 Å². The number of benzene rings is 3. The highest BCUT2D eigenvalue weighted by Gasteiger charge is 2.26. The van der Waals surface area contributed by atoms with E-state index in [2.05, 4.69) is 21.7 Å². The predicted molar refractivity (Wildman–Crippen MR) is 142 cm³/mol. The Balaban J connectivity index is 1.48. The van der Waals surface area contributed by atoms with Crippen LogP contribution in [0.15, 0.2) is 61.2 Å². The van der Waals surface area contributed by atoms with Crippen LogP contribution < -0.4 is 14.4 Å². The fraction of sp³-hybridized carbons (Fsp3) is 0.310. The Bertz CT molecular complexity index is 1360. The van der Waals surface area contributed by atoms with Crippen molar-refractivity contribution in [3.63, 3.8) is 0 Å². The largest absolute Gasteiger partial charge is 0.497 e. The number of hydrogen-bond acceptors (Lipinski definition) is 6. The van der Waals surface area contributed by atoms with Gasteiger partial charge in [0.15, 0.2) is 0 Å². The molecular formula is C29H32FN3O4. The second-order valence-electron chi connectivity index (χ2n) is 9.69. The van der Waals surface area contributed by atoms with Crippen molar-refractivity contribution in [2.75, 3.05) is 20.3 Å². The molecule has 4 aromatic rings. The lowest BCUT2D eigenvalue weighted by molar-refractivity contribution is -0.00862. The Hall–Kier alpha value is -3.91. The van der Waals surface area contributed by atoms with Gasteiger partial charge >= 0.3 is 0 Å². The molecule has 0 radical (unpaired) electrons. The van der Waals surface area contributed by atoms with E-state index in [1.54, 1.807) is 37.4 Å². The van der Waals surface area contributed by atoms with E-state index in [9.17, 15) is 4.53 Å². The van der Waals surface area contributed by atoms with Gasteiger partial charge in [-0.25, -0.2) is 0 Å². The van der Waals surface area contributed by atoms with Crippen LogP contribution in [0.25, 0.3) is 22.8 Å². The minimum absolute atomic E-state index is 0.0536. The number of rotatable bonds is 11. The van der Waals surface area contributed by atoms with Crippen LogP contribution in [0.1, 0.15) is 43.9 Å². The quantitative estimate of drug-likeness (QED) is 0.214. The van der Waals surface area contributed by atoms with Gasteiger partial charge in [0.05, 0.1) is 26.9 Å². The average molecular weight is 506 g/mol. The van der Waals surface area contributed by atoms with Crippen molar-refractivity contribution in [3.05, 3.63) is 77.9 Å². The van der Waals surface area contributed by atoms with Crippen LogP contribution in [0.3, 0.4) is 0 Å². The third-order valence-electron chi connectivity index (χ3n) is 5.92. The molecule has 8 heteroatoms. The van der Waals surface area contributed by atoms with Crippen molar-refractivity contribution in [1.82, 2.24) is 15.0 Å². The Kier molecular flexibility index (Phi) is 8.08. The van der Waals surface area contributed by atoms with Crippen molar-refractivity contribution < 1.29 is 23.7 Å². The van der Waals surface area contributed by atoms with Crippen LogP contribution in [0.5, 0.6) is 17.2 Å². The van der Waals surface area contributed by atoms with Crippen LogP contribution in [0, 0.1) is 0 Å². The van der Waals surface area contributed by atoms with E-state index < -0.39 is 5.41 Å². The predicted octanol–water partition coefficient (Wildman–Crippen LogP) is 6.62. The Labute approximate surface area is 216 Å². The minimum Gasteiger partial charge on any atom is -0.497 e. The molecule has 0 aliphatic heterocycles. The van der Waals surface area contributed by atoms with Gasteiger partial charge < -0.3 is 14.2 Å². The summed E-state index contributed by atoms with van der Waals surface area (Å²) < 4.78 is 31.0. The molecule has 7 nitrogen and oxygen atoms in total. The van der Waals surface area contributed by atoms with E-state index in [0.29, 0.717) is 60.0 Å². The number of nitrogens with zero attached hydrogens (tertiary/aromatic N) is 3. The summed E-state index contributed by atoms with van der Waals surface area (Å²) in [7, 11) is 1.59. The van der Waals surface area contributed by atoms with Crippen molar-refractivity contribution in [3.8, 4) is 22.9 Å². The summed E-state index contributed by atoms with van der Waals surface area (Å²) in [6.07, 6.45) is 2.50. The molecule has 0 bridgehead atoms. The van der Waals surface area contributed by atoms with Gasteiger partial charge in [0.1, 0.15) is 28.2 Å². The maximum Gasteiger partial charge on any atom is 0.203 e. The molecule has 0 saturated carbocycles. The highest BCUT2D eigenvalue weighted by Crippen LogP contribution is 2.39. The fourth-order valence-corrected chi connectivity index (χ4v) is 3.88. The van der Waals surface area contributed by atoms with Crippen molar-refractivity contribution in [1.29, 1.82) is 0 Å². The average Bonchev–Trinajstić information content (AvgIpc) is 3.33. The first-order valence-electron chi connectivity index (χ1n) is 12.1. The zero-order chi connectivity index (χ0) is 26.4.